The summed E-state index contributed by atoms with van der Waals surface area (Å²) in [5, 5.41) is 2.83. The molecule has 5 nitrogen and oxygen atoms in total. The van der Waals surface area contributed by atoms with Gasteiger partial charge in [0.05, 0.1) is 5.56 Å². The van der Waals surface area contributed by atoms with Gasteiger partial charge in [0.25, 0.3) is 0 Å². The van der Waals surface area contributed by atoms with E-state index in [1.807, 2.05) is 18.7 Å². The predicted molar refractivity (Wildman–Crippen MR) is 84.7 cm³/mol. The maximum Gasteiger partial charge on any atom is 0.416 e. The number of anilines is 4. The highest BCUT2D eigenvalue weighted by Gasteiger charge is 2.30. The van der Waals surface area contributed by atoms with Crippen molar-refractivity contribution in [3.8, 4) is 0 Å². The number of nitrogens with two attached hydrogens (primary N) is 1. The van der Waals surface area contributed by atoms with E-state index in [4.69, 9.17) is 5.73 Å². The van der Waals surface area contributed by atoms with Gasteiger partial charge in [-0.25, -0.2) is 9.97 Å². The van der Waals surface area contributed by atoms with Crippen LogP contribution in [-0.2, 0) is 6.18 Å². The fourth-order valence-electron chi connectivity index (χ4n) is 2.17. The minimum atomic E-state index is -4.40. The first kappa shape index (κ1) is 16.9. The monoisotopic (exact) mass is 325 g/mol. The summed E-state index contributed by atoms with van der Waals surface area (Å²) in [6.07, 6.45) is -3.07. The van der Waals surface area contributed by atoms with E-state index in [1.165, 1.54) is 18.5 Å². The number of hydrogen-bond donors (Lipinski definition) is 2. The molecule has 0 aliphatic rings. The molecule has 8 heteroatoms. The van der Waals surface area contributed by atoms with Crippen LogP contribution >= 0.6 is 0 Å². The van der Waals surface area contributed by atoms with Crippen molar-refractivity contribution in [2.45, 2.75) is 20.0 Å². The molecule has 0 fully saturated rings. The van der Waals surface area contributed by atoms with Crippen LogP contribution in [0.4, 0.5) is 36.2 Å². The van der Waals surface area contributed by atoms with Gasteiger partial charge in [-0.2, -0.15) is 13.2 Å². The van der Waals surface area contributed by atoms with Crippen molar-refractivity contribution in [2.75, 3.05) is 29.0 Å². The van der Waals surface area contributed by atoms with Crippen molar-refractivity contribution in [1.29, 1.82) is 0 Å². The fourth-order valence-corrected chi connectivity index (χ4v) is 2.17. The fraction of sp³-hybridized carbons (Fsp3) is 0.333. The van der Waals surface area contributed by atoms with E-state index < -0.39 is 11.7 Å². The Balaban J connectivity index is 2.33. The van der Waals surface area contributed by atoms with Crippen molar-refractivity contribution >= 4 is 23.0 Å². The molecule has 23 heavy (non-hydrogen) atoms. The Bertz CT molecular complexity index is 668. The number of alkyl halides is 3. The number of aromatic nitrogens is 2. The molecule has 3 N–H and O–H groups in total. The predicted octanol–water partition coefficient (Wildman–Crippen LogP) is 3.67. The number of benzene rings is 1. The summed E-state index contributed by atoms with van der Waals surface area (Å²) >= 11 is 0. The molecule has 2 aromatic rings. The van der Waals surface area contributed by atoms with E-state index in [2.05, 4.69) is 15.3 Å². The zero-order valence-electron chi connectivity index (χ0n) is 12.9. The van der Waals surface area contributed by atoms with Crippen LogP contribution in [0.25, 0.3) is 0 Å². The molecule has 2 rings (SSSR count). The summed E-state index contributed by atoms with van der Waals surface area (Å²) in [6, 6.07) is 4.87. The van der Waals surface area contributed by atoms with Gasteiger partial charge in [0, 0.05) is 18.8 Å². The molecule has 0 atom stereocenters. The Labute approximate surface area is 132 Å². The molecular weight excluding hydrogens is 307 g/mol. The van der Waals surface area contributed by atoms with Crippen molar-refractivity contribution in [2.24, 2.45) is 0 Å². The van der Waals surface area contributed by atoms with Gasteiger partial charge < -0.3 is 16.0 Å². The van der Waals surface area contributed by atoms with Gasteiger partial charge in [0.1, 0.15) is 12.0 Å². The van der Waals surface area contributed by atoms with Gasteiger partial charge >= 0.3 is 6.18 Å². The van der Waals surface area contributed by atoms with Crippen molar-refractivity contribution in [3.63, 3.8) is 0 Å². The molecule has 0 saturated carbocycles. The molecule has 0 aliphatic heterocycles. The molecule has 0 radical (unpaired) electrons. The quantitative estimate of drug-likeness (QED) is 0.878. The number of nitrogens with zero attached hydrogens (tertiary/aromatic N) is 3. The second kappa shape index (κ2) is 6.72. The summed E-state index contributed by atoms with van der Waals surface area (Å²) < 4.78 is 38.3. The van der Waals surface area contributed by atoms with Crippen molar-refractivity contribution in [3.05, 3.63) is 36.2 Å². The summed E-state index contributed by atoms with van der Waals surface area (Å²) in [4.78, 5) is 10.1. The number of halogens is 3. The van der Waals surface area contributed by atoms with Crippen LogP contribution in [-0.4, -0.2) is 23.1 Å². The number of hydrogen-bond acceptors (Lipinski definition) is 5. The zero-order valence-corrected chi connectivity index (χ0v) is 12.9. The molecule has 0 unspecified atom stereocenters. The van der Waals surface area contributed by atoms with Crippen molar-refractivity contribution in [1.82, 2.24) is 9.97 Å². The van der Waals surface area contributed by atoms with Crippen molar-refractivity contribution < 1.29 is 13.2 Å². The molecule has 1 aromatic carbocycles. The molecule has 0 aliphatic carbocycles. The molecular formula is C15H18F3N5. The van der Waals surface area contributed by atoms with Crippen LogP contribution in [0.5, 0.6) is 0 Å². The lowest BCUT2D eigenvalue weighted by Crippen LogP contribution is -2.24. The highest BCUT2D eigenvalue weighted by Crippen LogP contribution is 2.33. The Morgan fingerprint density at radius 2 is 1.87 bits per heavy atom. The van der Waals surface area contributed by atoms with Gasteiger partial charge in [-0.15, -0.1) is 0 Å². The van der Waals surface area contributed by atoms with Crippen LogP contribution in [0.1, 0.15) is 19.4 Å². The molecule has 0 saturated heterocycles. The second-order valence-electron chi connectivity index (χ2n) is 4.84. The maximum atomic E-state index is 12.8. The average molecular weight is 325 g/mol. The van der Waals surface area contributed by atoms with Crippen LogP contribution in [0, 0.1) is 0 Å². The average Bonchev–Trinajstić information content (AvgIpc) is 2.51. The third kappa shape index (κ3) is 3.82. The van der Waals surface area contributed by atoms with Gasteiger partial charge in [-0.05, 0) is 32.0 Å². The third-order valence-electron chi connectivity index (χ3n) is 3.38. The van der Waals surface area contributed by atoms with Gasteiger partial charge in [-0.1, -0.05) is 6.07 Å². The Morgan fingerprint density at radius 1 is 1.17 bits per heavy atom. The second-order valence-corrected chi connectivity index (χ2v) is 4.84. The SMILES string of the molecule is CCN(CC)c1ncnc(Nc2cccc(C(F)(F)F)c2)c1N. The highest BCUT2D eigenvalue weighted by atomic mass is 19.4. The van der Waals surface area contributed by atoms with Crippen LogP contribution in [0.15, 0.2) is 30.6 Å². The number of rotatable bonds is 5. The minimum absolute atomic E-state index is 0.260. The van der Waals surface area contributed by atoms with E-state index in [0.29, 0.717) is 24.6 Å². The van der Waals surface area contributed by atoms with E-state index in [0.717, 1.165) is 12.1 Å². The third-order valence-corrected chi connectivity index (χ3v) is 3.38. The van der Waals surface area contributed by atoms with E-state index in [1.54, 1.807) is 0 Å². The topological polar surface area (TPSA) is 67.1 Å². The molecule has 0 bridgehead atoms. The summed E-state index contributed by atoms with van der Waals surface area (Å²) in [7, 11) is 0. The largest absolute Gasteiger partial charge is 0.416 e. The zero-order chi connectivity index (χ0) is 17.0. The van der Waals surface area contributed by atoms with E-state index in [9.17, 15) is 13.2 Å². The Morgan fingerprint density at radius 3 is 2.48 bits per heavy atom. The summed E-state index contributed by atoms with van der Waals surface area (Å²) in [5.74, 6) is 0.834. The smallest absolute Gasteiger partial charge is 0.393 e. The Hall–Kier alpha value is -2.51. The first-order valence-corrected chi connectivity index (χ1v) is 7.16. The van der Waals surface area contributed by atoms with Crippen LogP contribution in [0.3, 0.4) is 0 Å². The molecule has 1 aromatic heterocycles. The number of nitrogen functional groups attached to an aromatic ring is 1. The maximum absolute atomic E-state index is 12.8. The number of nitrogens with one attached hydrogen (secondary N) is 1. The summed E-state index contributed by atoms with van der Waals surface area (Å²) in [6.45, 7) is 5.34. The molecule has 1 heterocycles. The summed E-state index contributed by atoms with van der Waals surface area (Å²) in [5.41, 5.74) is 5.88. The normalized spacial score (nSPS) is 11.3. The van der Waals surface area contributed by atoms with E-state index >= 15 is 0 Å². The standard InChI is InChI=1S/C15H18F3N5/c1-3-23(4-2)14-12(19)13(20-9-21-14)22-11-7-5-6-10(8-11)15(16,17)18/h5-9H,3-4,19H2,1-2H3,(H,20,21,22). The Kier molecular flexibility index (Phi) is 4.92. The molecule has 0 amide bonds. The highest BCUT2D eigenvalue weighted by molar-refractivity contribution is 5.78. The first-order chi connectivity index (χ1) is 10.9. The molecule has 124 valence electrons. The van der Waals surface area contributed by atoms with Gasteiger partial charge in [0.15, 0.2) is 11.6 Å². The first-order valence-electron chi connectivity index (χ1n) is 7.16. The molecule has 0 spiro atoms. The lowest BCUT2D eigenvalue weighted by Gasteiger charge is -2.22. The van der Waals surface area contributed by atoms with Gasteiger partial charge in [-0.3, -0.25) is 0 Å². The van der Waals surface area contributed by atoms with Crippen LogP contribution < -0.4 is 16.0 Å². The van der Waals surface area contributed by atoms with E-state index in [-0.39, 0.29) is 11.5 Å². The van der Waals surface area contributed by atoms with Crippen LogP contribution in [0.2, 0.25) is 0 Å². The lowest BCUT2D eigenvalue weighted by molar-refractivity contribution is -0.137. The minimum Gasteiger partial charge on any atom is -0.393 e. The van der Waals surface area contributed by atoms with Gasteiger partial charge in [0.2, 0.25) is 0 Å². The lowest BCUT2D eigenvalue weighted by atomic mass is 10.2.